The molecule has 2 aromatic rings. The van der Waals surface area contributed by atoms with Crippen molar-refractivity contribution in [3.8, 4) is 23.3 Å². The molecule has 29 heavy (non-hydrogen) atoms. The summed E-state index contributed by atoms with van der Waals surface area (Å²) in [6.45, 7) is 7.19. The summed E-state index contributed by atoms with van der Waals surface area (Å²) in [6.07, 6.45) is 1.53. The van der Waals surface area contributed by atoms with Gasteiger partial charge in [0.25, 0.3) is 5.91 Å². The van der Waals surface area contributed by atoms with Crippen LogP contribution in [0.3, 0.4) is 0 Å². The van der Waals surface area contributed by atoms with Gasteiger partial charge in [0.1, 0.15) is 17.4 Å². The van der Waals surface area contributed by atoms with Crippen LogP contribution in [-0.2, 0) is 4.79 Å². The highest BCUT2D eigenvalue weighted by atomic mass is 127. The molecular formula is C22H23IN2O4. The van der Waals surface area contributed by atoms with Crippen molar-refractivity contribution in [2.75, 3.05) is 25.1 Å². The minimum Gasteiger partial charge on any atom is -0.494 e. The van der Waals surface area contributed by atoms with E-state index in [0.29, 0.717) is 48.3 Å². The second kappa shape index (κ2) is 11.3. The predicted molar refractivity (Wildman–Crippen MR) is 121 cm³/mol. The Balaban J connectivity index is 2.29. The molecular weight excluding hydrogens is 483 g/mol. The number of hydrogen-bond acceptors (Lipinski definition) is 5. The lowest BCUT2D eigenvalue weighted by Gasteiger charge is -2.13. The molecule has 0 fully saturated rings. The van der Waals surface area contributed by atoms with Crippen molar-refractivity contribution in [1.82, 2.24) is 0 Å². The van der Waals surface area contributed by atoms with Gasteiger partial charge in [0.2, 0.25) is 0 Å². The maximum atomic E-state index is 12.6. The Kier molecular flexibility index (Phi) is 8.80. The number of anilines is 1. The third kappa shape index (κ3) is 6.39. The second-order valence-corrected chi connectivity index (χ2v) is 6.94. The summed E-state index contributed by atoms with van der Waals surface area (Å²) < 4.78 is 17.6. The normalized spacial score (nSPS) is 10.8. The summed E-state index contributed by atoms with van der Waals surface area (Å²) >= 11 is 2.15. The highest BCUT2D eigenvalue weighted by Gasteiger charge is 2.14. The number of nitrogens with zero attached hydrogens (tertiary/aromatic N) is 1. The number of ether oxygens (including phenoxy) is 3. The SMILES string of the molecule is CCOc1cccc(NC(=O)/C(C#N)=C/c2cc(I)c(OCC)c(OCC)c2)c1. The summed E-state index contributed by atoms with van der Waals surface area (Å²) in [5, 5.41) is 12.2. The van der Waals surface area contributed by atoms with Crippen LogP contribution in [0.4, 0.5) is 5.69 Å². The van der Waals surface area contributed by atoms with Crippen LogP contribution < -0.4 is 19.5 Å². The van der Waals surface area contributed by atoms with Gasteiger partial charge in [-0.2, -0.15) is 5.26 Å². The highest BCUT2D eigenvalue weighted by molar-refractivity contribution is 14.1. The van der Waals surface area contributed by atoms with Crippen molar-refractivity contribution < 1.29 is 19.0 Å². The fourth-order valence-corrected chi connectivity index (χ4v) is 3.34. The lowest BCUT2D eigenvalue weighted by atomic mass is 10.1. The Morgan fingerprint density at radius 3 is 2.48 bits per heavy atom. The number of carbonyl (C=O) groups excluding carboxylic acids is 1. The number of hydrogen-bond donors (Lipinski definition) is 1. The Morgan fingerprint density at radius 2 is 1.83 bits per heavy atom. The van der Waals surface area contributed by atoms with Gasteiger partial charge in [-0.1, -0.05) is 6.07 Å². The van der Waals surface area contributed by atoms with E-state index in [1.807, 2.05) is 32.9 Å². The number of rotatable bonds is 9. The van der Waals surface area contributed by atoms with Crippen molar-refractivity contribution in [3.05, 3.63) is 51.1 Å². The van der Waals surface area contributed by atoms with Crippen molar-refractivity contribution >= 4 is 40.3 Å². The fourth-order valence-electron chi connectivity index (χ4n) is 2.56. The molecule has 0 aromatic heterocycles. The number of amides is 1. The third-order valence-electron chi connectivity index (χ3n) is 3.70. The smallest absolute Gasteiger partial charge is 0.266 e. The highest BCUT2D eigenvalue weighted by Crippen LogP contribution is 2.35. The third-order valence-corrected chi connectivity index (χ3v) is 4.50. The van der Waals surface area contributed by atoms with Crippen LogP contribution in [0.25, 0.3) is 6.08 Å². The number of benzene rings is 2. The molecule has 0 aliphatic heterocycles. The molecule has 1 amide bonds. The van der Waals surface area contributed by atoms with Gasteiger partial charge in [-0.25, -0.2) is 0 Å². The molecule has 0 saturated heterocycles. The molecule has 0 bridgehead atoms. The second-order valence-electron chi connectivity index (χ2n) is 5.78. The summed E-state index contributed by atoms with van der Waals surface area (Å²) in [6, 6.07) is 12.6. The van der Waals surface area contributed by atoms with Crippen LogP contribution in [0, 0.1) is 14.9 Å². The molecule has 0 radical (unpaired) electrons. The molecule has 0 aliphatic rings. The molecule has 2 rings (SSSR count). The van der Waals surface area contributed by atoms with Crippen LogP contribution in [0.5, 0.6) is 17.2 Å². The van der Waals surface area contributed by atoms with Crippen molar-refractivity contribution in [1.29, 1.82) is 5.26 Å². The molecule has 0 aliphatic carbocycles. The van der Waals surface area contributed by atoms with Gasteiger partial charge < -0.3 is 19.5 Å². The minimum absolute atomic E-state index is 0.0192. The van der Waals surface area contributed by atoms with Gasteiger partial charge in [0.15, 0.2) is 11.5 Å². The summed E-state index contributed by atoms with van der Waals surface area (Å²) in [4.78, 5) is 12.6. The fraction of sp³-hybridized carbons (Fsp3) is 0.273. The van der Waals surface area contributed by atoms with Gasteiger partial charge in [-0.15, -0.1) is 0 Å². The molecule has 6 nitrogen and oxygen atoms in total. The first kappa shape index (κ1) is 22.6. The zero-order valence-corrected chi connectivity index (χ0v) is 18.8. The Bertz CT molecular complexity index is 935. The lowest BCUT2D eigenvalue weighted by molar-refractivity contribution is -0.112. The minimum atomic E-state index is -0.497. The Hall–Kier alpha value is -2.73. The topological polar surface area (TPSA) is 80.6 Å². The zero-order valence-electron chi connectivity index (χ0n) is 16.6. The van der Waals surface area contributed by atoms with E-state index < -0.39 is 5.91 Å². The van der Waals surface area contributed by atoms with E-state index in [9.17, 15) is 10.1 Å². The van der Waals surface area contributed by atoms with Crippen LogP contribution in [0.15, 0.2) is 42.0 Å². The van der Waals surface area contributed by atoms with Gasteiger partial charge in [0, 0.05) is 11.8 Å². The maximum Gasteiger partial charge on any atom is 0.266 e. The number of halogens is 1. The first-order chi connectivity index (χ1) is 14.0. The standard InChI is InChI=1S/C22H23IN2O4/c1-4-27-18-9-7-8-17(13-18)25-22(26)16(14-24)10-15-11-19(23)21(29-6-3)20(12-15)28-5-2/h7-13H,4-6H2,1-3H3,(H,25,26)/b16-10+. The summed E-state index contributed by atoms with van der Waals surface area (Å²) in [5.41, 5.74) is 1.21. The molecule has 0 unspecified atom stereocenters. The van der Waals surface area contributed by atoms with Crippen LogP contribution >= 0.6 is 22.6 Å². The van der Waals surface area contributed by atoms with Gasteiger partial charge in [-0.05, 0) is 79.3 Å². The summed E-state index contributed by atoms with van der Waals surface area (Å²) in [5.74, 6) is 1.38. The van der Waals surface area contributed by atoms with E-state index in [1.165, 1.54) is 6.08 Å². The quantitative estimate of drug-likeness (QED) is 0.293. The van der Waals surface area contributed by atoms with E-state index in [1.54, 1.807) is 30.3 Å². The Morgan fingerprint density at radius 1 is 1.10 bits per heavy atom. The van der Waals surface area contributed by atoms with Crippen LogP contribution in [0.1, 0.15) is 26.3 Å². The first-order valence-corrected chi connectivity index (χ1v) is 10.3. The van der Waals surface area contributed by atoms with E-state index in [0.717, 1.165) is 3.57 Å². The average Bonchev–Trinajstić information content (AvgIpc) is 2.69. The molecule has 152 valence electrons. The zero-order chi connectivity index (χ0) is 21.2. The molecule has 7 heteroatoms. The van der Waals surface area contributed by atoms with Gasteiger partial charge in [-0.3, -0.25) is 4.79 Å². The van der Waals surface area contributed by atoms with E-state index in [4.69, 9.17) is 14.2 Å². The maximum absolute atomic E-state index is 12.6. The number of nitrogens with one attached hydrogen (secondary N) is 1. The molecule has 0 heterocycles. The van der Waals surface area contributed by atoms with Crippen molar-refractivity contribution in [3.63, 3.8) is 0 Å². The number of carbonyl (C=O) groups is 1. The van der Waals surface area contributed by atoms with Crippen molar-refractivity contribution in [2.45, 2.75) is 20.8 Å². The van der Waals surface area contributed by atoms with Crippen LogP contribution in [-0.4, -0.2) is 25.7 Å². The largest absolute Gasteiger partial charge is 0.494 e. The van der Waals surface area contributed by atoms with E-state index in [-0.39, 0.29) is 5.57 Å². The monoisotopic (exact) mass is 506 g/mol. The van der Waals surface area contributed by atoms with E-state index in [2.05, 4.69) is 27.9 Å². The van der Waals surface area contributed by atoms with Gasteiger partial charge >= 0.3 is 0 Å². The average molecular weight is 506 g/mol. The summed E-state index contributed by atoms with van der Waals surface area (Å²) in [7, 11) is 0. The van der Waals surface area contributed by atoms with Crippen LogP contribution in [0.2, 0.25) is 0 Å². The number of nitriles is 1. The molecule has 1 N–H and O–H groups in total. The molecule has 0 spiro atoms. The lowest BCUT2D eigenvalue weighted by Crippen LogP contribution is -2.13. The van der Waals surface area contributed by atoms with Crippen molar-refractivity contribution in [2.24, 2.45) is 0 Å². The molecule has 0 saturated carbocycles. The molecule has 2 aromatic carbocycles. The van der Waals surface area contributed by atoms with Gasteiger partial charge in [0.05, 0.1) is 23.4 Å². The Labute approximate surface area is 184 Å². The molecule has 0 atom stereocenters. The van der Waals surface area contributed by atoms with E-state index >= 15 is 0 Å². The predicted octanol–water partition coefficient (Wildman–Crippen LogP) is 5.03. The first-order valence-electron chi connectivity index (χ1n) is 9.27.